The molecule has 138 valence electrons. The summed E-state index contributed by atoms with van der Waals surface area (Å²) in [5, 5.41) is 0.766. The molecule has 1 fully saturated rings. The Morgan fingerprint density at radius 2 is 2.00 bits per heavy atom. The quantitative estimate of drug-likeness (QED) is 0.321. The molecular formula is C18H26N2O2S3. The van der Waals surface area contributed by atoms with Crippen LogP contribution in [0.1, 0.15) is 71.5 Å². The zero-order valence-corrected chi connectivity index (χ0v) is 16.9. The molecule has 2 heterocycles. The first-order chi connectivity index (χ1) is 12.2. The Labute approximate surface area is 161 Å². The molecule has 0 aromatic carbocycles. The van der Waals surface area contributed by atoms with Crippen molar-refractivity contribution >= 4 is 44.7 Å². The molecule has 25 heavy (non-hydrogen) atoms. The summed E-state index contributed by atoms with van der Waals surface area (Å²) < 4.78 is 0. The summed E-state index contributed by atoms with van der Waals surface area (Å²) in [4.78, 5) is 26.2. The Morgan fingerprint density at radius 3 is 2.84 bits per heavy atom. The SMILES string of the molecule is O=C(CCCCC1CCSS1)NNC(=O)c1cc2c(s1)CCCCC2. The van der Waals surface area contributed by atoms with Crippen molar-refractivity contribution in [2.24, 2.45) is 0 Å². The maximum atomic E-state index is 12.2. The summed E-state index contributed by atoms with van der Waals surface area (Å²) in [5.41, 5.74) is 6.45. The second kappa shape index (κ2) is 9.88. The Hall–Kier alpha value is -0.660. The number of aryl methyl sites for hydroxylation is 2. The maximum Gasteiger partial charge on any atom is 0.279 e. The molecule has 1 aliphatic carbocycles. The lowest BCUT2D eigenvalue weighted by Gasteiger charge is -2.08. The van der Waals surface area contributed by atoms with Crippen LogP contribution in [-0.2, 0) is 17.6 Å². The largest absolute Gasteiger partial charge is 0.279 e. The molecule has 0 radical (unpaired) electrons. The maximum absolute atomic E-state index is 12.2. The standard InChI is InChI=1S/C18H26N2O2S3/c21-17(9-5-4-7-14-10-11-23-25-14)19-20-18(22)16-12-13-6-2-1-3-8-15(13)24-16/h12,14H,1-11H2,(H,19,21)(H,20,22). The highest BCUT2D eigenvalue weighted by Gasteiger charge is 2.17. The number of carbonyl (C=O) groups excluding carboxylic acids is 2. The van der Waals surface area contributed by atoms with Crippen LogP contribution < -0.4 is 10.9 Å². The minimum absolute atomic E-state index is 0.0973. The van der Waals surface area contributed by atoms with Crippen molar-refractivity contribution in [1.29, 1.82) is 0 Å². The lowest BCUT2D eigenvalue weighted by atomic mass is 10.1. The van der Waals surface area contributed by atoms with Crippen LogP contribution in [0.2, 0.25) is 0 Å². The fraction of sp³-hybridized carbons (Fsp3) is 0.667. The van der Waals surface area contributed by atoms with Crippen LogP contribution in [0.15, 0.2) is 6.07 Å². The molecule has 7 heteroatoms. The molecule has 0 spiro atoms. The number of amides is 2. The summed E-state index contributed by atoms with van der Waals surface area (Å²) in [6.45, 7) is 0. The van der Waals surface area contributed by atoms with E-state index < -0.39 is 0 Å². The van der Waals surface area contributed by atoms with Crippen LogP contribution in [-0.4, -0.2) is 22.8 Å². The minimum atomic E-state index is -0.189. The third-order valence-corrected chi connectivity index (χ3v) is 8.94. The van der Waals surface area contributed by atoms with Gasteiger partial charge in [-0.1, -0.05) is 34.4 Å². The van der Waals surface area contributed by atoms with Crippen LogP contribution in [0.4, 0.5) is 0 Å². The zero-order valence-electron chi connectivity index (χ0n) is 14.5. The number of fused-ring (bicyclic) bond motifs is 1. The molecule has 0 bridgehead atoms. The van der Waals surface area contributed by atoms with E-state index in [0.717, 1.165) is 30.9 Å². The van der Waals surface area contributed by atoms with E-state index in [1.165, 1.54) is 48.3 Å². The Kier molecular flexibility index (Phi) is 7.55. The molecule has 1 aliphatic heterocycles. The predicted molar refractivity (Wildman–Crippen MR) is 108 cm³/mol. The first kappa shape index (κ1) is 19.1. The molecule has 1 unspecified atom stereocenters. The topological polar surface area (TPSA) is 58.2 Å². The number of nitrogens with one attached hydrogen (secondary N) is 2. The van der Waals surface area contributed by atoms with Crippen LogP contribution in [0.25, 0.3) is 0 Å². The second-order valence-corrected chi connectivity index (χ2v) is 10.6. The predicted octanol–water partition coefficient (Wildman–Crippen LogP) is 4.49. The minimum Gasteiger partial charge on any atom is -0.273 e. The highest BCUT2D eigenvalue weighted by Crippen LogP contribution is 2.39. The molecule has 1 aromatic heterocycles. The smallest absolute Gasteiger partial charge is 0.273 e. The van der Waals surface area contributed by atoms with E-state index in [2.05, 4.69) is 10.9 Å². The van der Waals surface area contributed by atoms with Gasteiger partial charge in [0.25, 0.3) is 5.91 Å². The lowest BCUT2D eigenvalue weighted by molar-refractivity contribution is -0.121. The summed E-state index contributed by atoms with van der Waals surface area (Å²) in [7, 11) is 3.94. The van der Waals surface area contributed by atoms with Gasteiger partial charge in [-0.3, -0.25) is 20.4 Å². The van der Waals surface area contributed by atoms with Crippen molar-refractivity contribution in [3.63, 3.8) is 0 Å². The zero-order chi connectivity index (χ0) is 17.5. The van der Waals surface area contributed by atoms with E-state index in [1.807, 2.05) is 27.7 Å². The second-order valence-electron chi connectivity index (χ2n) is 6.70. The van der Waals surface area contributed by atoms with Crippen LogP contribution >= 0.6 is 32.9 Å². The number of carbonyl (C=O) groups is 2. The van der Waals surface area contributed by atoms with Gasteiger partial charge in [0.1, 0.15) is 0 Å². The molecular weight excluding hydrogens is 372 g/mol. The number of rotatable bonds is 6. The highest BCUT2D eigenvalue weighted by molar-refractivity contribution is 8.77. The molecule has 2 N–H and O–H groups in total. The number of hydrogen-bond donors (Lipinski definition) is 2. The van der Waals surface area contributed by atoms with Gasteiger partial charge in [-0.15, -0.1) is 11.3 Å². The van der Waals surface area contributed by atoms with Gasteiger partial charge in [0, 0.05) is 22.3 Å². The van der Waals surface area contributed by atoms with Crippen molar-refractivity contribution in [3.05, 3.63) is 21.4 Å². The summed E-state index contributed by atoms with van der Waals surface area (Å²) >= 11 is 1.58. The first-order valence-electron chi connectivity index (χ1n) is 9.21. The Bertz CT molecular complexity index is 574. The third-order valence-electron chi connectivity index (χ3n) is 4.69. The number of hydrogen-bond acceptors (Lipinski definition) is 5. The fourth-order valence-corrected chi connectivity index (χ4v) is 7.43. The van der Waals surface area contributed by atoms with Gasteiger partial charge in [0.05, 0.1) is 4.88 Å². The van der Waals surface area contributed by atoms with Gasteiger partial charge < -0.3 is 0 Å². The van der Waals surface area contributed by atoms with E-state index in [1.54, 1.807) is 11.3 Å². The summed E-state index contributed by atoms with van der Waals surface area (Å²) in [6.07, 6.45) is 10.8. The van der Waals surface area contributed by atoms with Gasteiger partial charge in [-0.2, -0.15) is 0 Å². The molecule has 3 rings (SSSR count). The number of thiophene rings is 1. The molecule has 2 amide bonds. The van der Waals surface area contributed by atoms with E-state index >= 15 is 0 Å². The van der Waals surface area contributed by atoms with Crippen LogP contribution in [0, 0.1) is 0 Å². The Morgan fingerprint density at radius 1 is 1.12 bits per heavy atom. The van der Waals surface area contributed by atoms with Crippen LogP contribution in [0.3, 0.4) is 0 Å². The van der Waals surface area contributed by atoms with Crippen molar-refractivity contribution in [2.45, 2.75) is 69.5 Å². The molecule has 0 saturated carbocycles. The van der Waals surface area contributed by atoms with Gasteiger partial charge in [0.15, 0.2) is 0 Å². The molecule has 1 aromatic rings. The third kappa shape index (κ3) is 5.93. The molecule has 4 nitrogen and oxygen atoms in total. The average Bonchev–Trinajstić information content (AvgIpc) is 3.22. The molecule has 2 aliphatic rings. The normalized spacial score (nSPS) is 19.9. The van der Waals surface area contributed by atoms with Crippen molar-refractivity contribution in [2.75, 3.05) is 5.75 Å². The van der Waals surface area contributed by atoms with Gasteiger partial charge >= 0.3 is 0 Å². The van der Waals surface area contributed by atoms with Gasteiger partial charge in [0.2, 0.25) is 5.91 Å². The van der Waals surface area contributed by atoms with E-state index in [4.69, 9.17) is 0 Å². The molecule has 1 atom stereocenters. The Balaban J connectivity index is 1.34. The van der Waals surface area contributed by atoms with E-state index in [9.17, 15) is 9.59 Å². The van der Waals surface area contributed by atoms with Crippen molar-refractivity contribution in [3.8, 4) is 0 Å². The fourth-order valence-electron chi connectivity index (χ4n) is 3.25. The van der Waals surface area contributed by atoms with Crippen molar-refractivity contribution < 1.29 is 9.59 Å². The lowest BCUT2D eigenvalue weighted by Crippen LogP contribution is -2.41. The molecule has 1 saturated heterocycles. The van der Waals surface area contributed by atoms with Crippen LogP contribution in [0.5, 0.6) is 0 Å². The van der Waals surface area contributed by atoms with Gasteiger partial charge in [-0.05, 0) is 56.6 Å². The highest BCUT2D eigenvalue weighted by atomic mass is 33.1. The summed E-state index contributed by atoms with van der Waals surface area (Å²) in [5.74, 6) is 0.972. The van der Waals surface area contributed by atoms with Gasteiger partial charge in [-0.25, -0.2) is 0 Å². The first-order valence-corrected chi connectivity index (χ1v) is 12.4. The van der Waals surface area contributed by atoms with E-state index in [-0.39, 0.29) is 11.8 Å². The van der Waals surface area contributed by atoms with Crippen molar-refractivity contribution in [1.82, 2.24) is 10.9 Å². The monoisotopic (exact) mass is 398 g/mol. The number of unbranched alkanes of at least 4 members (excludes halogenated alkanes) is 1. The summed E-state index contributed by atoms with van der Waals surface area (Å²) in [6, 6.07) is 2.00. The number of hydrazine groups is 1. The van der Waals surface area contributed by atoms with E-state index in [0.29, 0.717) is 11.3 Å². The average molecular weight is 399 g/mol.